The fourth-order valence-corrected chi connectivity index (χ4v) is 2.68. The SMILES string of the molecule is C=C(CCCCCCCCCC)ONCCN(CCOCC(=O)O)CC(=O)O. The van der Waals surface area contributed by atoms with Crippen LogP contribution < -0.4 is 5.48 Å². The van der Waals surface area contributed by atoms with Crippen LogP contribution in [0.15, 0.2) is 12.3 Å². The predicted octanol–water partition coefficient (Wildman–Crippen LogP) is 3.04. The van der Waals surface area contributed by atoms with Crippen LogP contribution in [-0.2, 0) is 19.2 Å². The Bertz CT molecular complexity index is 431. The number of nitrogens with zero attached hydrogens (tertiary/aromatic N) is 1. The van der Waals surface area contributed by atoms with Crippen molar-refractivity contribution >= 4 is 11.9 Å². The lowest BCUT2D eigenvalue weighted by Crippen LogP contribution is -2.38. The average molecular weight is 403 g/mol. The summed E-state index contributed by atoms with van der Waals surface area (Å²) in [5.74, 6) is -1.31. The lowest BCUT2D eigenvalue weighted by molar-refractivity contribution is -0.143. The lowest BCUT2D eigenvalue weighted by Gasteiger charge is -2.20. The van der Waals surface area contributed by atoms with Crippen molar-refractivity contribution in [2.75, 3.05) is 39.4 Å². The molecule has 3 N–H and O–H groups in total. The summed E-state index contributed by atoms with van der Waals surface area (Å²) in [7, 11) is 0. The van der Waals surface area contributed by atoms with Crippen molar-refractivity contribution in [3.63, 3.8) is 0 Å². The molecule has 0 aromatic rings. The van der Waals surface area contributed by atoms with Crippen LogP contribution in [0.3, 0.4) is 0 Å². The Balaban J connectivity index is 3.70. The van der Waals surface area contributed by atoms with E-state index in [1.165, 1.54) is 44.9 Å². The summed E-state index contributed by atoms with van der Waals surface area (Å²) >= 11 is 0. The van der Waals surface area contributed by atoms with Crippen LogP contribution in [0.2, 0.25) is 0 Å². The molecule has 0 unspecified atom stereocenters. The van der Waals surface area contributed by atoms with Crippen molar-refractivity contribution in [3.8, 4) is 0 Å². The molecule has 0 radical (unpaired) electrons. The van der Waals surface area contributed by atoms with E-state index in [1.54, 1.807) is 4.90 Å². The Morgan fingerprint density at radius 3 is 2.21 bits per heavy atom. The number of ether oxygens (including phenoxy) is 1. The van der Waals surface area contributed by atoms with Crippen LogP contribution in [0.25, 0.3) is 0 Å². The zero-order chi connectivity index (χ0) is 21.0. The highest BCUT2D eigenvalue weighted by Gasteiger charge is 2.10. The summed E-state index contributed by atoms with van der Waals surface area (Å²) in [6.45, 7) is 6.94. The van der Waals surface area contributed by atoms with E-state index in [1.807, 2.05) is 0 Å². The number of rotatable bonds is 21. The molecule has 0 aliphatic rings. The van der Waals surface area contributed by atoms with Crippen molar-refractivity contribution in [1.29, 1.82) is 0 Å². The molecule has 0 saturated heterocycles. The number of nitrogens with one attached hydrogen (secondary N) is 1. The Morgan fingerprint density at radius 1 is 0.964 bits per heavy atom. The van der Waals surface area contributed by atoms with Gasteiger partial charge in [0, 0.05) is 26.1 Å². The number of hydrogen-bond acceptors (Lipinski definition) is 6. The third-order valence-electron chi connectivity index (χ3n) is 4.19. The predicted molar refractivity (Wildman–Crippen MR) is 108 cm³/mol. The average Bonchev–Trinajstić information content (AvgIpc) is 2.63. The lowest BCUT2D eigenvalue weighted by atomic mass is 10.1. The van der Waals surface area contributed by atoms with E-state index < -0.39 is 11.9 Å². The molecule has 8 nitrogen and oxygen atoms in total. The maximum absolute atomic E-state index is 10.9. The second kappa shape index (κ2) is 18.7. The largest absolute Gasteiger partial charge is 0.480 e. The van der Waals surface area contributed by atoms with Crippen LogP contribution in [0, 0.1) is 0 Å². The summed E-state index contributed by atoms with van der Waals surface area (Å²) in [5, 5.41) is 17.4. The molecular weight excluding hydrogens is 364 g/mol. The number of carboxylic acids is 2. The van der Waals surface area contributed by atoms with Gasteiger partial charge in [-0.1, -0.05) is 58.4 Å². The molecule has 0 atom stereocenters. The van der Waals surface area contributed by atoms with Crippen LogP contribution in [0.1, 0.15) is 64.7 Å². The van der Waals surface area contributed by atoms with E-state index in [0.29, 0.717) is 25.4 Å². The fraction of sp³-hybridized carbons (Fsp3) is 0.800. The van der Waals surface area contributed by atoms with E-state index >= 15 is 0 Å². The van der Waals surface area contributed by atoms with Crippen molar-refractivity contribution < 1.29 is 29.4 Å². The van der Waals surface area contributed by atoms with E-state index in [2.05, 4.69) is 19.0 Å². The molecule has 0 amide bonds. The molecule has 0 fully saturated rings. The first kappa shape index (κ1) is 26.4. The standard InChI is InChI=1S/C20H38N2O6/c1-3-4-5-6-7-8-9-10-11-18(2)28-21-12-13-22(16-19(23)24)14-15-27-17-20(25)26/h21H,2-17H2,1H3,(H,23,24)(H,25,26). The summed E-state index contributed by atoms with van der Waals surface area (Å²) < 4.78 is 4.94. The van der Waals surface area contributed by atoms with Gasteiger partial charge >= 0.3 is 11.9 Å². The number of carboxylic acid groups (broad SMARTS) is 2. The van der Waals surface area contributed by atoms with E-state index in [-0.39, 0.29) is 19.8 Å². The summed E-state index contributed by atoms with van der Waals surface area (Å²) in [5.41, 5.74) is 2.80. The molecular formula is C20H38N2O6. The van der Waals surface area contributed by atoms with Gasteiger partial charge in [-0.15, -0.1) is 0 Å². The zero-order valence-electron chi connectivity index (χ0n) is 17.3. The fourth-order valence-electron chi connectivity index (χ4n) is 2.68. The molecule has 0 aromatic carbocycles. The van der Waals surface area contributed by atoms with Gasteiger partial charge in [0.05, 0.1) is 13.2 Å². The number of hydrogen-bond donors (Lipinski definition) is 3. The van der Waals surface area contributed by atoms with Crippen molar-refractivity contribution in [2.24, 2.45) is 0 Å². The smallest absolute Gasteiger partial charge is 0.329 e. The van der Waals surface area contributed by atoms with Crippen molar-refractivity contribution in [2.45, 2.75) is 64.7 Å². The third-order valence-corrected chi connectivity index (χ3v) is 4.19. The summed E-state index contributed by atoms with van der Waals surface area (Å²) in [4.78, 5) is 28.3. The number of unbranched alkanes of at least 4 members (excludes halogenated alkanes) is 7. The van der Waals surface area contributed by atoms with Gasteiger partial charge in [0.25, 0.3) is 0 Å². The maximum Gasteiger partial charge on any atom is 0.329 e. The van der Waals surface area contributed by atoms with Gasteiger partial charge in [0.15, 0.2) is 0 Å². The first-order chi connectivity index (χ1) is 13.5. The second-order valence-electron chi connectivity index (χ2n) is 6.88. The Morgan fingerprint density at radius 2 is 1.61 bits per heavy atom. The quantitative estimate of drug-likeness (QED) is 0.153. The summed E-state index contributed by atoms with van der Waals surface area (Å²) in [6.07, 6.45) is 10.8. The van der Waals surface area contributed by atoms with E-state index in [9.17, 15) is 9.59 Å². The third kappa shape index (κ3) is 19.1. The zero-order valence-corrected chi connectivity index (χ0v) is 17.3. The molecule has 164 valence electrons. The minimum atomic E-state index is -1.05. The van der Waals surface area contributed by atoms with Crippen LogP contribution in [-0.4, -0.2) is 66.4 Å². The highest BCUT2D eigenvalue weighted by molar-refractivity contribution is 5.69. The van der Waals surface area contributed by atoms with Gasteiger partial charge in [-0.2, -0.15) is 5.48 Å². The number of aliphatic carboxylic acids is 2. The first-order valence-corrected chi connectivity index (χ1v) is 10.3. The normalized spacial score (nSPS) is 10.9. The Hall–Kier alpha value is -1.64. The molecule has 8 heteroatoms. The van der Waals surface area contributed by atoms with Crippen molar-refractivity contribution in [3.05, 3.63) is 12.3 Å². The van der Waals surface area contributed by atoms with Gasteiger partial charge in [0.2, 0.25) is 0 Å². The highest BCUT2D eigenvalue weighted by Crippen LogP contribution is 2.12. The molecule has 0 bridgehead atoms. The second-order valence-corrected chi connectivity index (χ2v) is 6.88. The van der Waals surface area contributed by atoms with Gasteiger partial charge in [0.1, 0.15) is 12.4 Å². The molecule has 0 spiro atoms. The Labute approximate surface area is 168 Å². The minimum Gasteiger partial charge on any atom is -0.480 e. The number of allylic oxidation sites excluding steroid dienone is 1. The van der Waals surface area contributed by atoms with E-state index in [0.717, 1.165) is 12.8 Å². The topological polar surface area (TPSA) is 108 Å². The van der Waals surface area contributed by atoms with Crippen LogP contribution in [0.5, 0.6) is 0 Å². The first-order valence-electron chi connectivity index (χ1n) is 10.3. The number of carbonyl (C=O) groups is 2. The molecule has 0 rings (SSSR count). The minimum absolute atomic E-state index is 0.142. The number of hydroxylamine groups is 1. The monoisotopic (exact) mass is 402 g/mol. The van der Waals surface area contributed by atoms with Crippen molar-refractivity contribution in [1.82, 2.24) is 10.4 Å². The van der Waals surface area contributed by atoms with Gasteiger partial charge in [-0.3, -0.25) is 9.69 Å². The van der Waals surface area contributed by atoms with E-state index in [4.69, 9.17) is 19.8 Å². The molecule has 0 saturated carbocycles. The maximum atomic E-state index is 10.9. The van der Waals surface area contributed by atoms with Gasteiger partial charge in [-0.25, -0.2) is 4.79 Å². The molecule has 0 aromatic heterocycles. The van der Waals surface area contributed by atoms with Crippen LogP contribution in [0.4, 0.5) is 0 Å². The van der Waals surface area contributed by atoms with Gasteiger partial charge in [-0.05, 0) is 6.42 Å². The van der Waals surface area contributed by atoms with Crippen LogP contribution >= 0.6 is 0 Å². The summed E-state index contributed by atoms with van der Waals surface area (Å²) in [6, 6.07) is 0. The highest BCUT2D eigenvalue weighted by atomic mass is 16.6. The Kier molecular flexibility index (Phi) is 17.6. The molecule has 0 aliphatic carbocycles. The molecule has 0 heterocycles. The molecule has 28 heavy (non-hydrogen) atoms. The van der Waals surface area contributed by atoms with Gasteiger partial charge < -0.3 is 19.8 Å². The molecule has 0 aliphatic heterocycles.